The highest BCUT2D eigenvalue weighted by atomic mass is 19.1. The lowest BCUT2D eigenvalue weighted by molar-refractivity contribution is 0.399. The van der Waals surface area contributed by atoms with Gasteiger partial charge in [0.1, 0.15) is 17.3 Å². The van der Waals surface area contributed by atoms with E-state index in [9.17, 15) is 4.39 Å². The molecule has 11 rings (SSSR count). The van der Waals surface area contributed by atoms with Gasteiger partial charge < -0.3 is 4.74 Å². The minimum Gasteiger partial charge on any atom is -0.455 e. The van der Waals surface area contributed by atoms with Crippen LogP contribution in [-0.4, -0.2) is 0 Å². The lowest BCUT2D eigenvalue weighted by Crippen LogP contribution is -2.37. The van der Waals surface area contributed by atoms with Gasteiger partial charge in [-0.25, -0.2) is 4.39 Å². The molecule has 0 amide bonds. The van der Waals surface area contributed by atoms with E-state index in [1.807, 2.05) is 12.1 Å². The average Bonchev–Trinajstić information content (AvgIpc) is 3.27. The minimum atomic E-state index is -0.568. The van der Waals surface area contributed by atoms with Crippen LogP contribution in [-0.2, 0) is 18.3 Å². The van der Waals surface area contributed by atoms with Crippen molar-refractivity contribution in [2.45, 2.75) is 18.3 Å². The molecule has 0 saturated carbocycles. The third-order valence-corrected chi connectivity index (χ3v) is 12.1. The van der Waals surface area contributed by atoms with Crippen LogP contribution in [0.2, 0.25) is 0 Å². The Hall–Kier alpha value is -7.03. The highest BCUT2D eigenvalue weighted by molar-refractivity contribution is 6.17. The van der Waals surface area contributed by atoms with Crippen LogP contribution in [0.4, 0.5) is 4.39 Å². The van der Waals surface area contributed by atoms with Gasteiger partial charge in [0.25, 0.3) is 0 Å². The zero-order chi connectivity index (χ0) is 37.9. The first kappa shape index (κ1) is 33.3. The second-order valence-corrected chi connectivity index (χ2v) is 15.4. The van der Waals surface area contributed by atoms with E-state index in [-0.39, 0.29) is 5.82 Å². The predicted molar refractivity (Wildman–Crippen MR) is 235 cm³/mol. The van der Waals surface area contributed by atoms with Crippen LogP contribution in [0.5, 0.6) is 11.5 Å². The van der Waals surface area contributed by atoms with Gasteiger partial charge in [0.05, 0.1) is 0 Å². The van der Waals surface area contributed by atoms with Crippen molar-refractivity contribution in [3.05, 3.63) is 228 Å². The van der Waals surface area contributed by atoms with Gasteiger partial charge in [-0.3, -0.25) is 0 Å². The predicted octanol–water partition coefficient (Wildman–Crippen LogP) is 14.6. The van der Waals surface area contributed by atoms with Crippen molar-refractivity contribution in [2.75, 3.05) is 0 Å². The van der Waals surface area contributed by atoms with E-state index in [0.717, 1.165) is 46.2 Å². The summed E-state index contributed by atoms with van der Waals surface area (Å²) in [5.41, 5.74) is 8.81. The molecule has 2 heteroatoms. The summed E-state index contributed by atoms with van der Waals surface area (Å²) in [4.78, 5) is 0. The first-order valence-corrected chi connectivity index (χ1v) is 19.7. The summed E-state index contributed by atoms with van der Waals surface area (Å²) >= 11 is 0. The SMILES string of the molecule is Fc1ccc(-c2ccc(CC3(Cc4ccc(-c5ccccc5)cc4)c4c(c5ccccc5c5ccccc45)Oc4c3c3ccccc3c3ccccc43)cc2)cc1. The van der Waals surface area contributed by atoms with Crippen molar-refractivity contribution < 1.29 is 9.13 Å². The van der Waals surface area contributed by atoms with Gasteiger partial charge in [-0.2, -0.15) is 0 Å². The zero-order valence-corrected chi connectivity index (χ0v) is 31.3. The number of fused-ring (bicyclic) bond motifs is 12. The van der Waals surface area contributed by atoms with E-state index in [4.69, 9.17) is 4.74 Å². The molecule has 10 aromatic rings. The highest BCUT2D eigenvalue weighted by Gasteiger charge is 2.46. The molecule has 57 heavy (non-hydrogen) atoms. The number of ether oxygens (including phenoxy) is 1. The molecular weight excluding hydrogens is 696 g/mol. The average molecular weight is 733 g/mol. The van der Waals surface area contributed by atoms with Crippen molar-refractivity contribution in [3.8, 4) is 33.8 Å². The summed E-state index contributed by atoms with van der Waals surface area (Å²) < 4.78 is 21.4. The Balaban J connectivity index is 1.24. The number of hydrogen-bond donors (Lipinski definition) is 0. The van der Waals surface area contributed by atoms with E-state index in [1.165, 1.54) is 77.8 Å². The molecule has 10 aromatic carbocycles. The number of halogens is 1. The van der Waals surface area contributed by atoms with Crippen LogP contribution in [0, 0.1) is 5.82 Å². The Morgan fingerprint density at radius 2 is 0.632 bits per heavy atom. The van der Waals surface area contributed by atoms with E-state index in [2.05, 4.69) is 176 Å². The fraction of sp³-hybridized carbons (Fsp3) is 0.0545. The molecule has 0 radical (unpaired) electrons. The largest absolute Gasteiger partial charge is 0.455 e. The molecule has 270 valence electrons. The Labute approximate surface area is 331 Å². The molecule has 0 aromatic heterocycles. The first-order chi connectivity index (χ1) is 28.1. The van der Waals surface area contributed by atoms with Gasteiger partial charge in [-0.05, 0) is 90.7 Å². The summed E-state index contributed by atoms with van der Waals surface area (Å²) in [5.74, 6) is 1.63. The Morgan fingerprint density at radius 3 is 1.05 bits per heavy atom. The van der Waals surface area contributed by atoms with Crippen LogP contribution in [0.1, 0.15) is 22.3 Å². The zero-order valence-electron chi connectivity index (χ0n) is 31.3. The van der Waals surface area contributed by atoms with E-state index >= 15 is 0 Å². The summed E-state index contributed by atoms with van der Waals surface area (Å²) in [5, 5.41) is 9.46. The van der Waals surface area contributed by atoms with Crippen LogP contribution in [0.25, 0.3) is 65.3 Å². The highest BCUT2D eigenvalue weighted by Crippen LogP contribution is 2.60. The van der Waals surface area contributed by atoms with Crippen LogP contribution in [0.3, 0.4) is 0 Å². The Morgan fingerprint density at radius 1 is 0.316 bits per heavy atom. The summed E-state index contributed by atoms with van der Waals surface area (Å²) in [7, 11) is 0. The number of hydrogen-bond acceptors (Lipinski definition) is 1. The Bertz CT molecular complexity index is 3000. The fourth-order valence-corrected chi connectivity index (χ4v) is 9.62. The summed E-state index contributed by atoms with van der Waals surface area (Å²) in [6.07, 6.45) is 1.47. The number of benzene rings is 10. The fourth-order valence-electron chi connectivity index (χ4n) is 9.62. The van der Waals surface area contributed by atoms with Gasteiger partial charge in [-0.15, -0.1) is 0 Å². The monoisotopic (exact) mass is 732 g/mol. The topological polar surface area (TPSA) is 9.23 Å². The van der Waals surface area contributed by atoms with Crippen LogP contribution in [0.15, 0.2) is 200 Å². The molecule has 0 N–H and O–H groups in total. The molecule has 0 fully saturated rings. The van der Waals surface area contributed by atoms with Crippen molar-refractivity contribution in [1.82, 2.24) is 0 Å². The molecule has 0 unspecified atom stereocenters. The summed E-state index contributed by atoms with van der Waals surface area (Å²) in [6.45, 7) is 0. The van der Waals surface area contributed by atoms with Crippen molar-refractivity contribution >= 4 is 43.1 Å². The lowest BCUT2D eigenvalue weighted by atomic mass is 9.62. The van der Waals surface area contributed by atoms with Gasteiger partial charge in [0.2, 0.25) is 0 Å². The standard InChI is InChI=1S/C55H37FO/c56-42-32-30-41(31-33-42)40-28-24-37(25-29-40)35-55(34-36-22-26-39(27-23-36)38-12-2-1-3-13-38)51-47-18-8-4-14-43(47)45-16-6-10-20-49(45)53(51)57-54-50-21-11-7-17-46(50)44-15-5-9-19-48(44)52(54)55/h1-33H,34-35H2. The summed E-state index contributed by atoms with van der Waals surface area (Å²) in [6, 6.07) is 70.7. The van der Waals surface area contributed by atoms with Gasteiger partial charge in [-0.1, -0.05) is 188 Å². The van der Waals surface area contributed by atoms with Crippen molar-refractivity contribution in [1.29, 1.82) is 0 Å². The molecular formula is C55H37FO. The maximum absolute atomic E-state index is 13.9. The van der Waals surface area contributed by atoms with Crippen molar-refractivity contribution in [3.63, 3.8) is 0 Å². The molecule has 0 spiro atoms. The van der Waals surface area contributed by atoms with E-state index in [0.29, 0.717) is 0 Å². The third-order valence-electron chi connectivity index (χ3n) is 12.1. The Kier molecular flexibility index (Phi) is 7.79. The second kappa shape index (κ2) is 13.3. The molecule has 0 atom stereocenters. The third kappa shape index (κ3) is 5.44. The lowest BCUT2D eigenvalue weighted by Gasteiger charge is -2.43. The van der Waals surface area contributed by atoms with Gasteiger partial charge in [0, 0.05) is 27.3 Å². The van der Waals surface area contributed by atoms with E-state index in [1.54, 1.807) is 0 Å². The van der Waals surface area contributed by atoms with Crippen LogP contribution < -0.4 is 4.74 Å². The second-order valence-electron chi connectivity index (χ2n) is 15.4. The van der Waals surface area contributed by atoms with Gasteiger partial charge >= 0.3 is 0 Å². The van der Waals surface area contributed by atoms with Crippen molar-refractivity contribution in [2.24, 2.45) is 0 Å². The smallest absolute Gasteiger partial charge is 0.140 e. The van der Waals surface area contributed by atoms with Gasteiger partial charge in [0.15, 0.2) is 0 Å². The normalized spacial score (nSPS) is 13.1. The molecule has 0 bridgehead atoms. The molecule has 1 aliphatic rings. The molecule has 0 saturated heterocycles. The minimum absolute atomic E-state index is 0.231. The molecule has 1 heterocycles. The maximum atomic E-state index is 13.9. The van der Waals surface area contributed by atoms with E-state index < -0.39 is 5.41 Å². The maximum Gasteiger partial charge on any atom is 0.140 e. The quantitative estimate of drug-likeness (QED) is 0.155. The molecule has 1 aliphatic heterocycles. The number of rotatable bonds is 6. The van der Waals surface area contributed by atoms with Crippen LogP contribution >= 0.6 is 0 Å². The molecule has 1 nitrogen and oxygen atoms in total. The molecule has 0 aliphatic carbocycles. The first-order valence-electron chi connectivity index (χ1n) is 19.7.